The molecule has 8 nitrogen and oxygen atoms in total. The fourth-order valence-corrected chi connectivity index (χ4v) is 3.33. The molecule has 0 unspecified atom stereocenters. The van der Waals surface area contributed by atoms with Gasteiger partial charge in [0.2, 0.25) is 11.1 Å². The minimum Gasteiger partial charge on any atom is -0.322 e. The zero-order valence-corrected chi connectivity index (χ0v) is 16.0. The Bertz CT molecular complexity index is 959. The Morgan fingerprint density at radius 2 is 1.92 bits per heavy atom. The number of rotatable bonds is 4. The van der Waals surface area contributed by atoms with Crippen LogP contribution in [0.15, 0.2) is 11.2 Å². The molecule has 3 aromatic heterocycles. The molecule has 3 aromatic rings. The van der Waals surface area contributed by atoms with Gasteiger partial charge in [0.1, 0.15) is 0 Å². The largest absolute Gasteiger partial charge is 0.322 e. The van der Waals surface area contributed by atoms with Crippen molar-refractivity contribution in [1.29, 1.82) is 0 Å². The summed E-state index contributed by atoms with van der Waals surface area (Å²) in [5.74, 6) is 0.440. The van der Waals surface area contributed by atoms with Gasteiger partial charge in [-0.15, -0.1) is 5.10 Å². The molecule has 0 aliphatic carbocycles. The average Bonchev–Trinajstić information content (AvgIpc) is 3.03. The van der Waals surface area contributed by atoms with Gasteiger partial charge in [-0.3, -0.25) is 9.48 Å². The highest BCUT2D eigenvalue weighted by Gasteiger charge is 2.20. The summed E-state index contributed by atoms with van der Waals surface area (Å²) in [5.41, 5.74) is 4.33. The average molecular weight is 359 g/mol. The molecule has 0 radical (unpaired) electrons. The molecule has 1 atom stereocenters. The Morgan fingerprint density at radius 3 is 2.56 bits per heavy atom. The Hall–Kier alpha value is -2.42. The van der Waals surface area contributed by atoms with Crippen molar-refractivity contribution in [3.05, 3.63) is 28.8 Å². The number of nitrogens with one attached hydrogen (secondary N) is 1. The number of carbonyl (C=O) groups is 1. The van der Waals surface area contributed by atoms with E-state index in [-0.39, 0.29) is 11.2 Å². The van der Waals surface area contributed by atoms with E-state index in [9.17, 15) is 4.79 Å². The summed E-state index contributed by atoms with van der Waals surface area (Å²) in [6.45, 7) is 9.50. The molecular formula is C16H21N7OS. The first-order chi connectivity index (χ1) is 11.8. The van der Waals surface area contributed by atoms with Gasteiger partial charge < -0.3 is 5.32 Å². The summed E-state index contributed by atoms with van der Waals surface area (Å²) in [4.78, 5) is 21.3. The van der Waals surface area contributed by atoms with Crippen molar-refractivity contribution < 1.29 is 4.79 Å². The number of thioether (sulfide) groups is 1. The second kappa shape index (κ2) is 6.47. The molecule has 0 aliphatic rings. The zero-order valence-electron chi connectivity index (χ0n) is 15.2. The van der Waals surface area contributed by atoms with Crippen molar-refractivity contribution in [2.24, 2.45) is 7.05 Å². The summed E-state index contributed by atoms with van der Waals surface area (Å²) in [7, 11) is 1.86. The van der Waals surface area contributed by atoms with Crippen molar-refractivity contribution in [1.82, 2.24) is 29.4 Å². The van der Waals surface area contributed by atoms with E-state index in [1.807, 2.05) is 47.7 Å². The first-order valence-corrected chi connectivity index (χ1v) is 8.83. The number of hydrogen-bond donors (Lipinski definition) is 1. The highest BCUT2D eigenvalue weighted by Crippen LogP contribution is 2.24. The van der Waals surface area contributed by atoms with Crippen LogP contribution < -0.4 is 5.32 Å². The monoisotopic (exact) mass is 359 g/mol. The molecule has 0 saturated heterocycles. The van der Waals surface area contributed by atoms with E-state index in [4.69, 9.17) is 0 Å². The summed E-state index contributed by atoms with van der Waals surface area (Å²) in [5, 5.41) is 11.9. The number of carbonyl (C=O) groups excluding carboxylic acids is 1. The highest BCUT2D eigenvalue weighted by molar-refractivity contribution is 8.00. The third kappa shape index (κ3) is 3.37. The topological polar surface area (TPSA) is 90.0 Å². The van der Waals surface area contributed by atoms with Gasteiger partial charge in [0, 0.05) is 18.4 Å². The number of amides is 1. The van der Waals surface area contributed by atoms with Crippen LogP contribution in [0.4, 0.5) is 5.69 Å². The van der Waals surface area contributed by atoms with Gasteiger partial charge in [-0.05, 0) is 40.7 Å². The first kappa shape index (κ1) is 17.4. The van der Waals surface area contributed by atoms with E-state index in [1.54, 1.807) is 9.20 Å². The maximum absolute atomic E-state index is 12.5. The van der Waals surface area contributed by atoms with E-state index < -0.39 is 0 Å². The van der Waals surface area contributed by atoms with E-state index in [1.165, 1.54) is 11.8 Å². The van der Waals surface area contributed by atoms with Crippen LogP contribution in [-0.4, -0.2) is 40.5 Å². The van der Waals surface area contributed by atoms with Gasteiger partial charge in [0.15, 0.2) is 0 Å². The fourth-order valence-electron chi connectivity index (χ4n) is 2.59. The van der Waals surface area contributed by atoms with E-state index in [0.29, 0.717) is 10.9 Å². The number of anilines is 1. The smallest absolute Gasteiger partial charge is 0.253 e. The van der Waals surface area contributed by atoms with Gasteiger partial charge in [-0.25, -0.2) is 9.50 Å². The van der Waals surface area contributed by atoms with E-state index in [0.717, 1.165) is 28.5 Å². The quantitative estimate of drug-likeness (QED) is 0.718. The second-order valence-corrected chi connectivity index (χ2v) is 7.37. The lowest BCUT2D eigenvalue weighted by molar-refractivity contribution is -0.115. The van der Waals surface area contributed by atoms with Gasteiger partial charge in [0.25, 0.3) is 5.78 Å². The second-order valence-electron chi connectivity index (χ2n) is 6.06. The van der Waals surface area contributed by atoms with Crippen LogP contribution in [0, 0.1) is 27.7 Å². The number of hydrogen-bond acceptors (Lipinski definition) is 6. The Morgan fingerprint density at radius 1 is 1.20 bits per heavy atom. The summed E-state index contributed by atoms with van der Waals surface area (Å²) >= 11 is 1.31. The molecule has 9 heteroatoms. The number of aryl methyl sites for hydroxylation is 4. The van der Waals surface area contributed by atoms with Gasteiger partial charge >= 0.3 is 0 Å². The first-order valence-electron chi connectivity index (χ1n) is 7.95. The van der Waals surface area contributed by atoms with E-state index in [2.05, 4.69) is 25.5 Å². The van der Waals surface area contributed by atoms with Crippen molar-refractivity contribution in [3.63, 3.8) is 0 Å². The molecule has 3 rings (SSSR count). The SMILES string of the molecule is Cc1cc(C)n2nc(S[C@H](C)C(=O)Nc3c(C)nn(C)c3C)nc2n1. The molecule has 3 heterocycles. The van der Waals surface area contributed by atoms with Gasteiger partial charge in [-0.2, -0.15) is 10.1 Å². The molecular weight excluding hydrogens is 338 g/mol. The Kier molecular flexibility index (Phi) is 4.51. The summed E-state index contributed by atoms with van der Waals surface area (Å²) in [6, 6.07) is 1.94. The van der Waals surface area contributed by atoms with Crippen LogP contribution in [0.2, 0.25) is 0 Å². The van der Waals surface area contributed by atoms with Crippen LogP contribution in [-0.2, 0) is 11.8 Å². The predicted octanol–water partition coefficient (Wildman–Crippen LogP) is 2.21. The Labute approximate surface area is 150 Å². The molecule has 0 fully saturated rings. The normalized spacial score (nSPS) is 12.6. The van der Waals surface area contributed by atoms with Crippen molar-refractivity contribution in [2.75, 3.05) is 5.32 Å². The molecule has 25 heavy (non-hydrogen) atoms. The molecule has 1 N–H and O–H groups in total. The zero-order chi connectivity index (χ0) is 18.3. The number of fused-ring (bicyclic) bond motifs is 1. The lowest BCUT2D eigenvalue weighted by Gasteiger charge is -2.10. The van der Waals surface area contributed by atoms with Crippen molar-refractivity contribution in [2.45, 2.75) is 45.0 Å². The third-order valence-corrected chi connectivity index (χ3v) is 4.96. The predicted molar refractivity (Wildman–Crippen MR) is 96.9 cm³/mol. The maximum Gasteiger partial charge on any atom is 0.253 e. The molecule has 0 saturated carbocycles. The molecule has 132 valence electrons. The van der Waals surface area contributed by atoms with Crippen LogP contribution in [0.25, 0.3) is 5.78 Å². The van der Waals surface area contributed by atoms with Gasteiger partial charge in [-0.1, -0.05) is 11.8 Å². The van der Waals surface area contributed by atoms with Crippen molar-refractivity contribution >= 4 is 29.1 Å². The summed E-state index contributed by atoms with van der Waals surface area (Å²) < 4.78 is 3.44. The fraction of sp³-hybridized carbons (Fsp3) is 0.438. The lowest BCUT2D eigenvalue weighted by Crippen LogP contribution is -2.23. The summed E-state index contributed by atoms with van der Waals surface area (Å²) in [6.07, 6.45) is 0. The third-order valence-electron chi connectivity index (χ3n) is 4.01. The standard InChI is InChI=1S/C16H21N7OS/c1-8-7-9(2)23-15(17-8)19-16(21-23)25-12(5)14(24)18-13-10(3)20-22(6)11(13)4/h7,12H,1-6H3,(H,18,24)/t12-/m1/s1. The van der Waals surface area contributed by atoms with Crippen LogP contribution in [0.1, 0.15) is 29.7 Å². The van der Waals surface area contributed by atoms with E-state index >= 15 is 0 Å². The molecule has 0 spiro atoms. The van der Waals surface area contributed by atoms with Crippen LogP contribution in [0.3, 0.4) is 0 Å². The molecule has 1 amide bonds. The molecule has 0 bridgehead atoms. The molecule has 0 aliphatic heterocycles. The minimum atomic E-state index is -0.349. The Balaban J connectivity index is 1.76. The number of aromatic nitrogens is 6. The van der Waals surface area contributed by atoms with Crippen molar-refractivity contribution in [3.8, 4) is 0 Å². The minimum absolute atomic E-state index is 0.107. The van der Waals surface area contributed by atoms with Crippen LogP contribution in [0.5, 0.6) is 0 Å². The van der Waals surface area contributed by atoms with Gasteiger partial charge in [0.05, 0.1) is 22.3 Å². The number of nitrogens with zero attached hydrogens (tertiary/aromatic N) is 6. The molecule has 0 aromatic carbocycles. The van der Waals surface area contributed by atoms with Crippen LogP contribution >= 0.6 is 11.8 Å². The highest BCUT2D eigenvalue weighted by atomic mass is 32.2. The maximum atomic E-state index is 12.5. The lowest BCUT2D eigenvalue weighted by atomic mass is 10.3.